The number of hydrogen-bond acceptors (Lipinski definition) is 6. The van der Waals surface area contributed by atoms with Crippen molar-refractivity contribution in [1.82, 2.24) is 29.5 Å². The van der Waals surface area contributed by atoms with Crippen molar-refractivity contribution in [1.29, 1.82) is 0 Å². The molecule has 3 aromatic heterocycles. The lowest BCUT2D eigenvalue weighted by molar-refractivity contribution is -0.0305. The minimum absolute atomic E-state index is 0.00958. The minimum atomic E-state index is 0.00958. The first-order valence-corrected chi connectivity index (χ1v) is 7.79. The fraction of sp³-hybridized carbons (Fsp3) is 0.467. The molecule has 0 unspecified atom stereocenters. The number of hydrogen-bond donors (Lipinski definition) is 2. The third-order valence-corrected chi connectivity index (χ3v) is 4.31. The Hall–Kier alpha value is -2.48. The van der Waals surface area contributed by atoms with Crippen LogP contribution in [0.25, 0.3) is 11.2 Å². The zero-order valence-electron chi connectivity index (χ0n) is 12.9. The lowest BCUT2D eigenvalue weighted by Crippen LogP contribution is -2.30. The summed E-state index contributed by atoms with van der Waals surface area (Å²) in [4.78, 5) is 20.1. The zero-order valence-corrected chi connectivity index (χ0v) is 12.9. The minimum Gasteiger partial charge on any atom is -0.370 e. The number of fused-ring (bicyclic) bond motifs is 1. The molecule has 2 atom stereocenters. The van der Waals surface area contributed by atoms with Gasteiger partial charge in [-0.25, -0.2) is 19.9 Å². The van der Waals surface area contributed by atoms with Crippen LogP contribution in [0.15, 0.2) is 25.0 Å². The van der Waals surface area contributed by atoms with Crippen LogP contribution >= 0.6 is 0 Å². The summed E-state index contributed by atoms with van der Waals surface area (Å²) in [7, 11) is 2.00. The van der Waals surface area contributed by atoms with Gasteiger partial charge < -0.3 is 19.6 Å². The molecule has 0 radical (unpaired) electrons. The molecule has 1 saturated heterocycles. The number of aromatic amines is 1. The Morgan fingerprint density at radius 1 is 1.35 bits per heavy atom. The number of nitrogens with one attached hydrogen (secondary N) is 2. The summed E-state index contributed by atoms with van der Waals surface area (Å²) in [5.41, 5.74) is 1.50. The molecule has 2 N–H and O–H groups in total. The van der Waals surface area contributed by atoms with E-state index in [0.717, 1.165) is 43.2 Å². The van der Waals surface area contributed by atoms with Gasteiger partial charge in [-0.15, -0.1) is 0 Å². The molecule has 120 valence electrons. The van der Waals surface area contributed by atoms with E-state index in [1.54, 1.807) is 6.33 Å². The van der Waals surface area contributed by atoms with Crippen molar-refractivity contribution >= 4 is 17.0 Å². The molecule has 8 heteroatoms. The fourth-order valence-corrected chi connectivity index (χ4v) is 3.12. The number of anilines is 1. The van der Waals surface area contributed by atoms with Gasteiger partial charge in [-0.1, -0.05) is 0 Å². The van der Waals surface area contributed by atoms with Crippen LogP contribution in [0.3, 0.4) is 0 Å². The van der Waals surface area contributed by atoms with E-state index in [1.165, 1.54) is 6.33 Å². The van der Waals surface area contributed by atoms with Crippen LogP contribution in [0.1, 0.15) is 24.8 Å². The summed E-state index contributed by atoms with van der Waals surface area (Å²) >= 11 is 0. The van der Waals surface area contributed by atoms with Gasteiger partial charge >= 0.3 is 0 Å². The van der Waals surface area contributed by atoms with E-state index < -0.39 is 0 Å². The first kappa shape index (κ1) is 14.1. The average molecular weight is 313 g/mol. The highest BCUT2D eigenvalue weighted by Gasteiger charge is 2.30. The van der Waals surface area contributed by atoms with Gasteiger partial charge in [0.2, 0.25) is 0 Å². The third-order valence-electron chi connectivity index (χ3n) is 4.31. The number of rotatable bonds is 4. The van der Waals surface area contributed by atoms with Crippen molar-refractivity contribution < 1.29 is 4.74 Å². The normalized spacial score (nSPS) is 21.6. The number of H-pyrrole nitrogens is 1. The largest absolute Gasteiger partial charge is 0.370 e. The maximum absolute atomic E-state index is 6.00. The Labute approximate surface area is 133 Å². The summed E-state index contributed by atoms with van der Waals surface area (Å²) in [5, 5.41) is 3.42. The van der Waals surface area contributed by atoms with Crippen molar-refractivity contribution in [2.45, 2.75) is 18.9 Å². The first-order valence-electron chi connectivity index (χ1n) is 7.79. The molecule has 0 aliphatic carbocycles. The maximum Gasteiger partial charge on any atom is 0.182 e. The van der Waals surface area contributed by atoms with E-state index in [-0.39, 0.29) is 6.10 Å². The van der Waals surface area contributed by atoms with E-state index in [2.05, 4.69) is 30.2 Å². The Morgan fingerprint density at radius 2 is 2.30 bits per heavy atom. The van der Waals surface area contributed by atoms with Gasteiger partial charge in [-0.2, -0.15) is 0 Å². The predicted octanol–water partition coefficient (Wildman–Crippen LogP) is 1.67. The van der Waals surface area contributed by atoms with Crippen molar-refractivity contribution in [2.24, 2.45) is 13.0 Å². The second kappa shape index (κ2) is 5.96. The Morgan fingerprint density at radius 3 is 3.17 bits per heavy atom. The number of imidazole rings is 2. The van der Waals surface area contributed by atoms with Gasteiger partial charge in [0.25, 0.3) is 0 Å². The summed E-state index contributed by atoms with van der Waals surface area (Å²) < 4.78 is 8.03. The van der Waals surface area contributed by atoms with Crippen molar-refractivity contribution in [3.8, 4) is 0 Å². The van der Waals surface area contributed by atoms with Gasteiger partial charge in [0.05, 0.1) is 6.33 Å². The molecule has 23 heavy (non-hydrogen) atoms. The van der Waals surface area contributed by atoms with E-state index in [1.807, 2.05) is 24.0 Å². The second-order valence-electron chi connectivity index (χ2n) is 5.79. The highest BCUT2D eigenvalue weighted by atomic mass is 16.5. The quantitative estimate of drug-likeness (QED) is 0.761. The van der Waals surface area contributed by atoms with Crippen LogP contribution in [0, 0.1) is 5.92 Å². The van der Waals surface area contributed by atoms with Gasteiger partial charge in [-0.05, 0) is 12.8 Å². The molecule has 0 aromatic carbocycles. The summed E-state index contributed by atoms with van der Waals surface area (Å²) in [5.74, 6) is 2.10. The fourth-order valence-electron chi connectivity index (χ4n) is 3.12. The highest BCUT2D eigenvalue weighted by molar-refractivity contribution is 5.81. The summed E-state index contributed by atoms with van der Waals surface area (Å²) in [6, 6.07) is 0. The maximum atomic E-state index is 6.00. The molecular formula is C15H19N7O. The zero-order chi connectivity index (χ0) is 15.6. The SMILES string of the molecule is Cn1ccnc1[C@@H]1OCCC[C@H]1CNc1ncnc2nc[nH]c12. The average Bonchev–Trinajstić information content (AvgIpc) is 3.22. The van der Waals surface area contributed by atoms with Crippen LogP contribution in [0.4, 0.5) is 5.82 Å². The van der Waals surface area contributed by atoms with Gasteiger partial charge in [0, 0.05) is 38.5 Å². The molecule has 3 aromatic rings. The van der Waals surface area contributed by atoms with Crippen LogP contribution in [0.2, 0.25) is 0 Å². The van der Waals surface area contributed by atoms with Crippen LogP contribution in [-0.2, 0) is 11.8 Å². The molecule has 0 bridgehead atoms. The van der Waals surface area contributed by atoms with Crippen LogP contribution < -0.4 is 5.32 Å². The molecule has 0 spiro atoms. The molecule has 1 fully saturated rings. The standard InChI is InChI=1S/C15H19N7O/c1-22-5-4-16-15(22)12-10(3-2-6-23-12)7-17-13-11-14(19-8-18-11)21-9-20-13/h4-5,8-10,12H,2-3,6-7H2,1H3,(H2,17,18,19,20,21)/t10-,12+/m0/s1. The van der Waals surface area contributed by atoms with Gasteiger partial charge in [-0.3, -0.25) is 0 Å². The van der Waals surface area contributed by atoms with E-state index >= 15 is 0 Å². The van der Waals surface area contributed by atoms with E-state index in [4.69, 9.17) is 4.74 Å². The topological polar surface area (TPSA) is 93.5 Å². The predicted molar refractivity (Wildman–Crippen MR) is 84.8 cm³/mol. The Kier molecular flexibility index (Phi) is 3.66. The van der Waals surface area contributed by atoms with Gasteiger partial charge in [0.1, 0.15) is 23.8 Å². The number of nitrogens with zero attached hydrogens (tertiary/aromatic N) is 5. The van der Waals surface area contributed by atoms with Gasteiger partial charge in [0.15, 0.2) is 11.5 Å². The molecule has 0 saturated carbocycles. The first-order chi connectivity index (χ1) is 11.3. The van der Waals surface area contributed by atoms with Crippen molar-refractivity contribution in [2.75, 3.05) is 18.5 Å². The highest BCUT2D eigenvalue weighted by Crippen LogP contribution is 2.32. The van der Waals surface area contributed by atoms with Crippen molar-refractivity contribution in [3.05, 3.63) is 30.9 Å². The molecule has 1 aliphatic rings. The molecular weight excluding hydrogens is 294 g/mol. The van der Waals surface area contributed by atoms with Crippen LogP contribution in [-0.4, -0.2) is 42.6 Å². The second-order valence-corrected chi connectivity index (χ2v) is 5.79. The number of aryl methyl sites for hydroxylation is 1. The molecule has 1 aliphatic heterocycles. The monoisotopic (exact) mass is 313 g/mol. The summed E-state index contributed by atoms with van der Waals surface area (Å²) in [6.07, 6.45) is 9.10. The summed E-state index contributed by atoms with van der Waals surface area (Å²) in [6.45, 7) is 1.55. The Balaban J connectivity index is 1.52. The molecule has 0 amide bonds. The molecule has 4 rings (SSSR count). The molecule has 8 nitrogen and oxygen atoms in total. The smallest absolute Gasteiger partial charge is 0.182 e. The lowest BCUT2D eigenvalue weighted by Gasteiger charge is -2.31. The van der Waals surface area contributed by atoms with E-state index in [9.17, 15) is 0 Å². The number of aromatic nitrogens is 6. The van der Waals surface area contributed by atoms with Crippen LogP contribution in [0.5, 0.6) is 0 Å². The molecule has 4 heterocycles. The van der Waals surface area contributed by atoms with Crippen molar-refractivity contribution in [3.63, 3.8) is 0 Å². The number of ether oxygens (including phenoxy) is 1. The third kappa shape index (κ3) is 2.65. The Bertz CT molecular complexity index is 796. The van der Waals surface area contributed by atoms with E-state index in [0.29, 0.717) is 11.6 Å². The lowest BCUT2D eigenvalue weighted by atomic mass is 9.93.